The molecule has 2 saturated carbocycles. The van der Waals surface area contributed by atoms with Crippen LogP contribution in [-0.2, 0) is 14.4 Å². The van der Waals surface area contributed by atoms with Crippen molar-refractivity contribution in [3.05, 3.63) is 42.6 Å². The number of fused-ring (bicyclic) bond motifs is 2. The number of hydrogen-bond acceptors (Lipinski definition) is 5. The van der Waals surface area contributed by atoms with Gasteiger partial charge in [0.15, 0.2) is 5.78 Å². The first kappa shape index (κ1) is 24.3. The van der Waals surface area contributed by atoms with Crippen molar-refractivity contribution in [3.63, 3.8) is 0 Å². The average molecular weight is 492 g/mol. The lowest BCUT2D eigenvalue weighted by atomic mass is 9.61. The van der Waals surface area contributed by atoms with Crippen molar-refractivity contribution in [3.8, 4) is 5.75 Å². The summed E-state index contributed by atoms with van der Waals surface area (Å²) in [7, 11) is 1.58. The van der Waals surface area contributed by atoms with E-state index in [0.717, 1.165) is 23.7 Å². The van der Waals surface area contributed by atoms with Gasteiger partial charge in [-0.3, -0.25) is 19.2 Å². The summed E-state index contributed by atoms with van der Waals surface area (Å²) in [5, 5.41) is 3.75. The van der Waals surface area contributed by atoms with Gasteiger partial charge in [0, 0.05) is 41.6 Å². The van der Waals surface area contributed by atoms with Crippen LogP contribution in [0.1, 0.15) is 62.4 Å². The van der Waals surface area contributed by atoms with Gasteiger partial charge in [0.25, 0.3) is 5.91 Å². The summed E-state index contributed by atoms with van der Waals surface area (Å²) >= 11 is 0. The number of nitrogens with zero attached hydrogens (tertiary/aromatic N) is 1. The maximum absolute atomic E-state index is 13.8. The lowest BCUT2D eigenvalue weighted by Crippen LogP contribution is -2.62. The number of nitrogens with one attached hydrogen (secondary N) is 2. The summed E-state index contributed by atoms with van der Waals surface area (Å²) in [5.74, 6) is -0.0545. The number of methoxy groups -OCH3 is 1. The fourth-order valence-electron chi connectivity index (χ4n) is 6.44. The molecule has 2 bridgehead atoms. The summed E-state index contributed by atoms with van der Waals surface area (Å²) in [6, 6.07) is 6.59. The minimum Gasteiger partial charge on any atom is -0.496 e. The first-order valence-electron chi connectivity index (χ1n) is 12.7. The number of ether oxygens (including phenoxy) is 1. The summed E-state index contributed by atoms with van der Waals surface area (Å²) in [4.78, 5) is 57.3. The molecule has 1 aromatic heterocycles. The maximum atomic E-state index is 13.8. The number of amides is 2. The van der Waals surface area contributed by atoms with Crippen LogP contribution in [0.5, 0.6) is 5.75 Å². The molecule has 8 heteroatoms. The topological polar surface area (TPSA) is 109 Å². The molecule has 1 aromatic carbocycles. The van der Waals surface area contributed by atoms with Crippen LogP contribution in [0.15, 0.2) is 36.9 Å². The number of carbonyl (C=O) groups is 4. The van der Waals surface area contributed by atoms with Crippen LogP contribution < -0.4 is 10.1 Å². The Morgan fingerprint density at radius 2 is 2.11 bits per heavy atom. The Hall–Kier alpha value is -3.42. The van der Waals surface area contributed by atoms with E-state index in [9.17, 15) is 19.2 Å². The molecule has 2 aliphatic carbocycles. The highest BCUT2D eigenvalue weighted by atomic mass is 16.5. The number of rotatable bonds is 9. The fraction of sp³-hybridized carbons (Fsp3) is 0.500. The van der Waals surface area contributed by atoms with Gasteiger partial charge in [0.2, 0.25) is 5.91 Å². The van der Waals surface area contributed by atoms with E-state index >= 15 is 0 Å². The van der Waals surface area contributed by atoms with Gasteiger partial charge in [-0.25, -0.2) is 0 Å². The van der Waals surface area contributed by atoms with Crippen molar-refractivity contribution in [1.29, 1.82) is 0 Å². The third kappa shape index (κ3) is 3.74. The number of carbonyl (C=O) groups excluding carboxylic acids is 4. The minimum absolute atomic E-state index is 0.0904. The van der Waals surface area contributed by atoms with E-state index < -0.39 is 11.6 Å². The molecule has 36 heavy (non-hydrogen) atoms. The third-order valence-corrected chi connectivity index (χ3v) is 8.45. The van der Waals surface area contributed by atoms with Crippen molar-refractivity contribution in [2.75, 3.05) is 13.7 Å². The smallest absolute Gasteiger partial charge is 0.271 e. The Morgan fingerprint density at radius 3 is 2.75 bits per heavy atom. The number of aromatic nitrogens is 1. The largest absolute Gasteiger partial charge is 0.496 e. The number of H-pyrrole nitrogens is 1. The van der Waals surface area contributed by atoms with Gasteiger partial charge in [0.1, 0.15) is 22.8 Å². The zero-order chi connectivity index (χ0) is 25.7. The van der Waals surface area contributed by atoms with Crippen LogP contribution >= 0.6 is 0 Å². The van der Waals surface area contributed by atoms with Crippen LogP contribution in [0.3, 0.4) is 0 Å². The Kier molecular flexibility index (Phi) is 6.01. The molecule has 3 heterocycles. The van der Waals surface area contributed by atoms with E-state index in [1.807, 2.05) is 24.3 Å². The summed E-state index contributed by atoms with van der Waals surface area (Å²) in [6.45, 7) is 6.11. The Labute approximate surface area is 210 Å². The molecule has 2 aromatic rings. The zero-order valence-corrected chi connectivity index (χ0v) is 20.9. The molecule has 2 saturated heterocycles. The quantitative estimate of drug-likeness (QED) is 0.522. The van der Waals surface area contributed by atoms with Gasteiger partial charge in [-0.05, 0) is 50.3 Å². The van der Waals surface area contributed by atoms with Crippen molar-refractivity contribution in [2.45, 2.75) is 63.5 Å². The van der Waals surface area contributed by atoms with Crippen molar-refractivity contribution in [1.82, 2.24) is 15.2 Å². The molecule has 190 valence electrons. The molecule has 2 unspecified atom stereocenters. The predicted octanol–water partition coefficient (Wildman–Crippen LogP) is 3.56. The van der Waals surface area contributed by atoms with Crippen molar-refractivity contribution >= 4 is 34.3 Å². The number of Topliss-reactive ketones (excluding diaryl/α,β-unsaturated/α-hetero) is 2. The molecule has 2 amide bonds. The average Bonchev–Trinajstić information content (AvgIpc) is 3.63. The Morgan fingerprint density at radius 1 is 1.33 bits per heavy atom. The number of benzene rings is 1. The van der Waals surface area contributed by atoms with E-state index in [4.69, 9.17) is 4.74 Å². The lowest BCUT2D eigenvalue weighted by Gasteiger charge is -2.45. The van der Waals surface area contributed by atoms with Gasteiger partial charge < -0.3 is 19.9 Å². The fourth-order valence-corrected chi connectivity index (χ4v) is 6.44. The van der Waals surface area contributed by atoms with Gasteiger partial charge in [-0.2, -0.15) is 0 Å². The lowest BCUT2D eigenvalue weighted by molar-refractivity contribution is -0.138. The third-order valence-electron chi connectivity index (χ3n) is 8.45. The SMILES string of the molecule is C=CC12CN(C(=O)c3cc4c(OC)cccc4[nH]3)C(C(=O)NC(CC3CCCC3=O)C(=O)CC)(C1)C2. The van der Waals surface area contributed by atoms with Crippen LogP contribution in [0, 0.1) is 11.3 Å². The van der Waals surface area contributed by atoms with Crippen LogP contribution in [0.25, 0.3) is 10.9 Å². The van der Waals surface area contributed by atoms with E-state index in [1.165, 1.54) is 0 Å². The van der Waals surface area contributed by atoms with Crippen LogP contribution in [0.2, 0.25) is 0 Å². The Balaban J connectivity index is 1.41. The summed E-state index contributed by atoms with van der Waals surface area (Å²) < 4.78 is 5.43. The first-order chi connectivity index (χ1) is 17.3. The van der Waals surface area contributed by atoms with Gasteiger partial charge in [0.05, 0.1) is 13.2 Å². The molecule has 0 spiro atoms. The second-order valence-corrected chi connectivity index (χ2v) is 10.6. The predicted molar refractivity (Wildman–Crippen MR) is 135 cm³/mol. The van der Waals surface area contributed by atoms with Crippen molar-refractivity contribution in [2.24, 2.45) is 11.3 Å². The highest BCUT2D eigenvalue weighted by Crippen LogP contribution is 2.60. The molecule has 8 nitrogen and oxygen atoms in total. The van der Waals surface area contributed by atoms with Crippen LogP contribution in [0.4, 0.5) is 0 Å². The molecule has 2 aliphatic heterocycles. The van der Waals surface area contributed by atoms with E-state index in [0.29, 0.717) is 43.7 Å². The second-order valence-electron chi connectivity index (χ2n) is 10.6. The Bertz CT molecular complexity index is 1260. The molecular formula is C28H33N3O5. The highest BCUT2D eigenvalue weighted by Gasteiger charge is 2.69. The summed E-state index contributed by atoms with van der Waals surface area (Å²) in [6.07, 6.45) is 5.50. The first-order valence-corrected chi connectivity index (χ1v) is 12.7. The standard InChI is InChI=1S/C28H33N3O5/c1-4-22(32)20(12-17-8-6-10-23(17)33)30-26(35)28-14-27(5-2,15-28)16-31(28)25(34)21-13-18-19(29-21)9-7-11-24(18)36-3/h5,7,9,11,13,17,20,29H,2,4,6,8,10,12,14-16H2,1,3H3,(H,30,35). The number of aromatic amines is 1. The van der Waals surface area contributed by atoms with Gasteiger partial charge >= 0.3 is 0 Å². The van der Waals surface area contributed by atoms with E-state index in [1.54, 1.807) is 25.0 Å². The monoisotopic (exact) mass is 491 g/mol. The van der Waals surface area contributed by atoms with Crippen LogP contribution in [-0.4, -0.2) is 58.5 Å². The molecule has 2 atom stereocenters. The molecule has 2 N–H and O–H groups in total. The second kappa shape index (κ2) is 8.91. The number of ketones is 2. The molecule has 0 radical (unpaired) electrons. The van der Waals surface area contributed by atoms with Gasteiger partial charge in [-0.15, -0.1) is 6.58 Å². The molecule has 6 rings (SSSR count). The van der Waals surface area contributed by atoms with E-state index in [2.05, 4.69) is 16.9 Å². The van der Waals surface area contributed by atoms with Crippen molar-refractivity contribution < 1.29 is 23.9 Å². The van der Waals surface area contributed by atoms with E-state index in [-0.39, 0.29) is 41.1 Å². The zero-order valence-electron chi connectivity index (χ0n) is 20.9. The highest BCUT2D eigenvalue weighted by molar-refractivity contribution is 6.04. The molecule has 4 fully saturated rings. The maximum Gasteiger partial charge on any atom is 0.271 e. The summed E-state index contributed by atoms with van der Waals surface area (Å²) in [5.41, 5.74) is -0.205. The number of hydrogen-bond donors (Lipinski definition) is 2. The molecule has 4 aliphatic rings. The van der Waals surface area contributed by atoms with Gasteiger partial charge in [-0.1, -0.05) is 19.1 Å². The molecular weight excluding hydrogens is 458 g/mol. The minimum atomic E-state index is -1.04. The normalized spacial score (nSPS) is 27.6.